The topological polar surface area (TPSA) is 65.1 Å². The van der Waals surface area contributed by atoms with Gasteiger partial charge in [0.2, 0.25) is 5.91 Å². The second-order valence-corrected chi connectivity index (χ2v) is 8.52. The molecule has 0 saturated carbocycles. The fourth-order valence-corrected chi connectivity index (χ4v) is 4.25. The maximum absolute atomic E-state index is 12.6. The first-order valence-corrected chi connectivity index (χ1v) is 11.4. The van der Waals surface area contributed by atoms with Crippen LogP contribution in [0.2, 0.25) is 0 Å². The Morgan fingerprint density at radius 2 is 1.81 bits per heavy atom. The van der Waals surface area contributed by atoms with E-state index in [1.807, 2.05) is 35.2 Å². The number of carbonyl (C=O) groups is 2. The van der Waals surface area contributed by atoms with Crippen LogP contribution in [0.5, 0.6) is 5.75 Å². The minimum atomic E-state index is -0.161. The molecule has 0 unspecified atom stereocenters. The lowest BCUT2D eigenvalue weighted by atomic mass is 10.1. The number of nitrogens with zero attached hydrogens (tertiary/aromatic N) is 3. The zero-order chi connectivity index (χ0) is 22.3. The molecule has 7 nitrogen and oxygen atoms in total. The van der Waals surface area contributed by atoms with Gasteiger partial charge in [0.25, 0.3) is 0 Å². The molecule has 2 aliphatic heterocycles. The van der Waals surface area contributed by atoms with Gasteiger partial charge in [-0.05, 0) is 22.8 Å². The minimum absolute atomic E-state index is 0.102. The molecule has 2 aromatic carbocycles. The van der Waals surface area contributed by atoms with E-state index >= 15 is 0 Å². The summed E-state index contributed by atoms with van der Waals surface area (Å²) in [5.74, 6) is 1.12. The van der Waals surface area contributed by atoms with Crippen LogP contribution in [0.25, 0.3) is 0 Å². The van der Waals surface area contributed by atoms with Gasteiger partial charge in [0.05, 0.1) is 6.61 Å². The zero-order valence-corrected chi connectivity index (χ0v) is 18.8. The highest BCUT2D eigenvalue weighted by molar-refractivity contribution is 5.78. The van der Waals surface area contributed by atoms with Gasteiger partial charge in [-0.25, -0.2) is 4.79 Å². The van der Waals surface area contributed by atoms with E-state index in [1.54, 1.807) is 11.9 Å². The lowest BCUT2D eigenvalue weighted by Crippen LogP contribution is -2.49. The summed E-state index contributed by atoms with van der Waals surface area (Å²) < 4.78 is 5.58. The van der Waals surface area contributed by atoms with E-state index in [0.29, 0.717) is 19.5 Å². The molecule has 7 heteroatoms. The molecular formula is C25H32N4O3. The molecule has 2 aliphatic rings. The number of hydrogen-bond acceptors (Lipinski definition) is 4. The molecule has 0 atom stereocenters. The Morgan fingerprint density at radius 3 is 2.59 bits per heavy atom. The van der Waals surface area contributed by atoms with E-state index in [1.165, 1.54) is 11.1 Å². The Balaban J connectivity index is 1.14. The summed E-state index contributed by atoms with van der Waals surface area (Å²) in [5.41, 5.74) is 3.68. The van der Waals surface area contributed by atoms with Crippen molar-refractivity contribution >= 4 is 11.9 Å². The van der Waals surface area contributed by atoms with Crippen molar-refractivity contribution in [2.45, 2.75) is 25.9 Å². The second-order valence-electron chi connectivity index (χ2n) is 8.52. The smallest absolute Gasteiger partial charge is 0.317 e. The molecule has 4 rings (SSSR count). The Morgan fingerprint density at radius 1 is 1.03 bits per heavy atom. The number of benzene rings is 2. The first kappa shape index (κ1) is 22.1. The molecule has 2 aromatic rings. The number of hydrogen-bond donors (Lipinski definition) is 1. The van der Waals surface area contributed by atoms with Gasteiger partial charge in [0, 0.05) is 65.7 Å². The van der Waals surface area contributed by atoms with Crippen LogP contribution in [0, 0.1) is 0 Å². The fourth-order valence-electron chi connectivity index (χ4n) is 4.25. The Kier molecular flexibility index (Phi) is 7.27. The van der Waals surface area contributed by atoms with Gasteiger partial charge in [-0.1, -0.05) is 42.5 Å². The van der Waals surface area contributed by atoms with Crippen molar-refractivity contribution in [3.8, 4) is 5.75 Å². The first-order chi connectivity index (χ1) is 15.6. The maximum Gasteiger partial charge on any atom is 0.317 e. The van der Waals surface area contributed by atoms with Gasteiger partial charge in [0.15, 0.2) is 0 Å². The molecule has 0 bridgehead atoms. The van der Waals surface area contributed by atoms with E-state index in [-0.39, 0.29) is 11.9 Å². The van der Waals surface area contributed by atoms with Crippen LogP contribution in [0.1, 0.15) is 23.1 Å². The molecular weight excluding hydrogens is 404 g/mol. The molecule has 0 radical (unpaired) electrons. The van der Waals surface area contributed by atoms with Crippen LogP contribution in [0.15, 0.2) is 48.5 Å². The average Bonchev–Trinajstić information content (AvgIpc) is 3.28. The SMILES string of the molecule is CN(Cc1ccccc1)C(=O)NCCC(=O)N1CCN(Cc2ccc3c(c2)CCO3)CC1. The molecule has 1 saturated heterocycles. The summed E-state index contributed by atoms with van der Waals surface area (Å²) in [6, 6.07) is 16.2. The molecule has 32 heavy (non-hydrogen) atoms. The van der Waals surface area contributed by atoms with E-state index in [0.717, 1.165) is 57.1 Å². The van der Waals surface area contributed by atoms with Gasteiger partial charge in [0.1, 0.15) is 5.75 Å². The van der Waals surface area contributed by atoms with Crippen molar-refractivity contribution < 1.29 is 14.3 Å². The van der Waals surface area contributed by atoms with Crippen LogP contribution in [-0.4, -0.2) is 73.0 Å². The highest BCUT2D eigenvalue weighted by Crippen LogP contribution is 2.26. The van der Waals surface area contributed by atoms with Crippen molar-refractivity contribution in [1.82, 2.24) is 20.0 Å². The van der Waals surface area contributed by atoms with E-state index in [4.69, 9.17) is 4.74 Å². The Hall–Kier alpha value is -3.06. The fraction of sp³-hybridized carbons (Fsp3) is 0.440. The van der Waals surface area contributed by atoms with Crippen molar-refractivity contribution in [1.29, 1.82) is 0 Å². The standard InChI is InChI=1S/C25H32N4O3/c1-27(18-20-5-3-2-4-6-20)25(31)26-11-9-24(30)29-14-12-28(13-15-29)19-21-7-8-23-22(17-21)10-16-32-23/h2-8,17H,9-16,18-19H2,1H3,(H,26,31). The van der Waals surface area contributed by atoms with E-state index in [2.05, 4.69) is 28.4 Å². The number of fused-ring (bicyclic) bond motifs is 1. The number of nitrogens with one attached hydrogen (secondary N) is 1. The summed E-state index contributed by atoms with van der Waals surface area (Å²) in [7, 11) is 1.76. The van der Waals surface area contributed by atoms with Gasteiger partial charge >= 0.3 is 6.03 Å². The monoisotopic (exact) mass is 436 g/mol. The average molecular weight is 437 g/mol. The lowest BCUT2D eigenvalue weighted by molar-refractivity contribution is -0.132. The van der Waals surface area contributed by atoms with Crippen molar-refractivity contribution in [3.63, 3.8) is 0 Å². The third-order valence-corrected chi connectivity index (χ3v) is 6.11. The normalized spacial score (nSPS) is 15.7. The number of rotatable bonds is 7. The number of carbonyl (C=O) groups excluding carboxylic acids is 2. The predicted molar refractivity (Wildman–Crippen MR) is 123 cm³/mol. The van der Waals surface area contributed by atoms with Crippen LogP contribution in [-0.2, 0) is 24.3 Å². The van der Waals surface area contributed by atoms with Gasteiger partial charge in [-0.3, -0.25) is 9.69 Å². The van der Waals surface area contributed by atoms with Crippen LogP contribution >= 0.6 is 0 Å². The molecule has 1 N–H and O–H groups in total. The minimum Gasteiger partial charge on any atom is -0.493 e. The summed E-state index contributed by atoms with van der Waals surface area (Å²) >= 11 is 0. The molecule has 0 aromatic heterocycles. The van der Waals surface area contributed by atoms with Gasteiger partial charge in [-0.15, -0.1) is 0 Å². The molecule has 0 aliphatic carbocycles. The second kappa shape index (κ2) is 10.5. The molecule has 1 fully saturated rings. The highest BCUT2D eigenvalue weighted by atomic mass is 16.5. The largest absolute Gasteiger partial charge is 0.493 e. The summed E-state index contributed by atoms with van der Waals surface area (Å²) in [5, 5.41) is 2.85. The third kappa shape index (κ3) is 5.79. The zero-order valence-electron chi connectivity index (χ0n) is 18.8. The molecule has 3 amide bonds. The highest BCUT2D eigenvalue weighted by Gasteiger charge is 2.22. The molecule has 170 valence electrons. The predicted octanol–water partition coefficient (Wildman–Crippen LogP) is 2.50. The summed E-state index contributed by atoms with van der Waals surface area (Å²) in [6.07, 6.45) is 1.32. The van der Waals surface area contributed by atoms with Crippen LogP contribution in [0.3, 0.4) is 0 Å². The van der Waals surface area contributed by atoms with Gasteiger partial charge in [-0.2, -0.15) is 0 Å². The van der Waals surface area contributed by atoms with E-state index in [9.17, 15) is 9.59 Å². The first-order valence-electron chi connectivity index (χ1n) is 11.4. The number of amides is 3. The Labute approximate surface area is 189 Å². The maximum atomic E-state index is 12.6. The van der Waals surface area contributed by atoms with Gasteiger partial charge < -0.3 is 19.9 Å². The molecule has 2 heterocycles. The molecule has 0 spiro atoms. The quantitative estimate of drug-likeness (QED) is 0.724. The van der Waals surface area contributed by atoms with Crippen molar-refractivity contribution in [2.24, 2.45) is 0 Å². The number of urea groups is 1. The van der Waals surface area contributed by atoms with Crippen molar-refractivity contribution in [3.05, 3.63) is 65.2 Å². The van der Waals surface area contributed by atoms with Crippen LogP contribution < -0.4 is 10.1 Å². The van der Waals surface area contributed by atoms with Crippen LogP contribution in [0.4, 0.5) is 4.79 Å². The number of piperazine rings is 1. The third-order valence-electron chi connectivity index (χ3n) is 6.11. The lowest BCUT2D eigenvalue weighted by Gasteiger charge is -2.35. The summed E-state index contributed by atoms with van der Waals surface area (Å²) in [4.78, 5) is 30.8. The van der Waals surface area contributed by atoms with Crippen molar-refractivity contribution in [2.75, 3.05) is 46.4 Å². The number of ether oxygens (including phenoxy) is 1. The Bertz CT molecular complexity index is 926. The summed E-state index contributed by atoms with van der Waals surface area (Å²) in [6.45, 7) is 5.77. The van der Waals surface area contributed by atoms with E-state index < -0.39 is 0 Å².